The van der Waals surface area contributed by atoms with E-state index in [1.165, 1.54) is 26.0 Å². The summed E-state index contributed by atoms with van der Waals surface area (Å²) in [5, 5.41) is 3.39. The van der Waals surface area contributed by atoms with Crippen molar-refractivity contribution >= 4 is 5.69 Å². The number of hydrogen-bond donors (Lipinski definition) is 1. The van der Waals surface area contributed by atoms with Crippen molar-refractivity contribution in [1.82, 2.24) is 10.2 Å². The molecular formula is C35H42F3N3O. The Morgan fingerprint density at radius 3 is 2.38 bits per heavy atom. The first-order chi connectivity index (χ1) is 20.1. The molecule has 3 heterocycles. The molecule has 0 aliphatic carbocycles. The topological polar surface area (TPSA) is 27.7 Å². The predicted molar refractivity (Wildman–Crippen MR) is 162 cm³/mol. The zero-order chi connectivity index (χ0) is 29.5. The first kappa shape index (κ1) is 29.1. The Hall–Kier alpha value is -3.03. The molecule has 0 bridgehead atoms. The van der Waals surface area contributed by atoms with E-state index >= 15 is 13.2 Å². The van der Waals surface area contributed by atoms with Gasteiger partial charge in [0.2, 0.25) is 0 Å². The van der Waals surface area contributed by atoms with Crippen molar-refractivity contribution in [2.75, 3.05) is 37.6 Å². The second kappa shape index (κ2) is 11.6. The van der Waals surface area contributed by atoms with Crippen molar-refractivity contribution < 1.29 is 17.9 Å². The van der Waals surface area contributed by atoms with Gasteiger partial charge in [-0.1, -0.05) is 36.4 Å². The zero-order valence-corrected chi connectivity index (χ0v) is 24.9. The molecule has 0 radical (unpaired) electrons. The van der Waals surface area contributed by atoms with Gasteiger partial charge in [0.25, 0.3) is 0 Å². The fourth-order valence-electron chi connectivity index (χ4n) is 7.09. The van der Waals surface area contributed by atoms with Crippen molar-refractivity contribution in [1.29, 1.82) is 0 Å². The predicted octanol–water partition coefficient (Wildman–Crippen LogP) is 7.21. The first-order valence-electron chi connectivity index (χ1n) is 15.3. The zero-order valence-electron chi connectivity index (χ0n) is 24.9. The molecule has 1 unspecified atom stereocenters. The summed E-state index contributed by atoms with van der Waals surface area (Å²) in [7, 11) is 0. The maximum Gasteiger partial charge on any atom is 0.133 e. The third kappa shape index (κ3) is 6.04. The van der Waals surface area contributed by atoms with Crippen LogP contribution in [0.3, 0.4) is 0 Å². The van der Waals surface area contributed by atoms with Gasteiger partial charge in [-0.05, 0) is 92.8 Å². The molecule has 3 aliphatic heterocycles. The lowest BCUT2D eigenvalue weighted by molar-refractivity contribution is 0.0652. The standard InChI is InChI=1S/C35H42F3N3O/c1-24-16-26-17-28(42-20-25-8-5-4-6-9-25)10-11-29(26)33(41(24)23-34(2,3)38)32-30(36)18-27(19-31(32)37)40-14-7-12-35(13-15-40)21-39-22-35/h4-6,8-11,17-19,24,33,39H,7,12-16,20-23H2,1-3H3/t24-,33?/m1/s1. The number of benzene rings is 3. The van der Waals surface area contributed by atoms with Crippen LogP contribution in [0.15, 0.2) is 60.7 Å². The lowest BCUT2D eigenvalue weighted by Crippen LogP contribution is -2.53. The van der Waals surface area contributed by atoms with E-state index in [2.05, 4.69) is 10.2 Å². The van der Waals surface area contributed by atoms with Gasteiger partial charge in [-0.25, -0.2) is 13.2 Å². The highest BCUT2D eigenvalue weighted by Crippen LogP contribution is 2.43. The minimum Gasteiger partial charge on any atom is -0.489 e. The number of halogens is 3. The summed E-state index contributed by atoms with van der Waals surface area (Å²) < 4.78 is 53.5. The third-order valence-corrected chi connectivity index (χ3v) is 9.38. The molecule has 2 fully saturated rings. The highest BCUT2D eigenvalue weighted by atomic mass is 19.1. The summed E-state index contributed by atoms with van der Waals surface area (Å²) in [4.78, 5) is 4.05. The van der Waals surface area contributed by atoms with Crippen molar-refractivity contribution in [2.45, 2.75) is 70.8 Å². The Bertz CT molecular complexity index is 1380. The number of nitrogens with one attached hydrogen (secondary N) is 1. The van der Waals surface area contributed by atoms with Gasteiger partial charge in [0, 0.05) is 50.0 Å². The molecule has 3 aromatic rings. The Morgan fingerprint density at radius 1 is 0.976 bits per heavy atom. The Morgan fingerprint density at radius 2 is 1.71 bits per heavy atom. The van der Waals surface area contributed by atoms with Crippen molar-refractivity contribution in [3.63, 3.8) is 0 Å². The minimum absolute atomic E-state index is 0.0109. The monoisotopic (exact) mass is 577 g/mol. The second-order valence-electron chi connectivity index (χ2n) is 13.2. The first-order valence-corrected chi connectivity index (χ1v) is 15.3. The molecule has 3 aliphatic rings. The van der Waals surface area contributed by atoms with E-state index in [1.54, 1.807) is 0 Å². The second-order valence-corrected chi connectivity index (χ2v) is 13.2. The van der Waals surface area contributed by atoms with Crippen LogP contribution in [0.5, 0.6) is 5.75 Å². The maximum absolute atomic E-state index is 16.2. The summed E-state index contributed by atoms with van der Waals surface area (Å²) in [6, 6.07) is 17.8. The summed E-state index contributed by atoms with van der Waals surface area (Å²) in [5.74, 6) is -0.449. The molecular weight excluding hydrogens is 535 g/mol. The van der Waals surface area contributed by atoms with E-state index in [1.807, 2.05) is 60.4 Å². The normalized spacial score (nSPS) is 22.4. The SMILES string of the molecule is C[C@@H]1Cc2cc(OCc3ccccc3)ccc2C(c2c(F)cc(N3CCCC4(CC3)CNC4)cc2F)N1CC(C)(C)F. The average Bonchev–Trinajstić information content (AvgIpc) is 3.17. The van der Waals surface area contributed by atoms with Gasteiger partial charge in [0.15, 0.2) is 0 Å². The van der Waals surface area contributed by atoms with Gasteiger partial charge >= 0.3 is 0 Å². The highest BCUT2D eigenvalue weighted by molar-refractivity contribution is 5.52. The van der Waals surface area contributed by atoms with Crippen LogP contribution < -0.4 is 15.0 Å². The number of nitrogens with zero attached hydrogens (tertiary/aromatic N) is 2. The van der Waals surface area contributed by atoms with Crippen LogP contribution in [0.2, 0.25) is 0 Å². The summed E-state index contributed by atoms with van der Waals surface area (Å²) in [5.41, 5.74) is 2.20. The Balaban J connectivity index is 1.32. The lowest BCUT2D eigenvalue weighted by atomic mass is 9.75. The van der Waals surface area contributed by atoms with Crippen LogP contribution >= 0.6 is 0 Å². The van der Waals surface area contributed by atoms with E-state index in [0.29, 0.717) is 29.9 Å². The molecule has 6 rings (SSSR count). The molecule has 1 N–H and O–H groups in total. The molecule has 2 saturated heterocycles. The lowest BCUT2D eigenvalue weighted by Gasteiger charge is -2.44. The van der Waals surface area contributed by atoms with Crippen LogP contribution in [0.4, 0.5) is 18.9 Å². The molecule has 42 heavy (non-hydrogen) atoms. The molecule has 2 atom stereocenters. The fourth-order valence-corrected chi connectivity index (χ4v) is 7.09. The Labute approximate surface area is 247 Å². The van der Waals surface area contributed by atoms with Gasteiger partial charge < -0.3 is 15.0 Å². The van der Waals surface area contributed by atoms with E-state index in [0.717, 1.165) is 62.1 Å². The molecule has 4 nitrogen and oxygen atoms in total. The van der Waals surface area contributed by atoms with E-state index in [-0.39, 0.29) is 18.2 Å². The molecule has 1 spiro atoms. The Kier molecular flexibility index (Phi) is 8.01. The number of hydrogen-bond acceptors (Lipinski definition) is 4. The molecule has 0 aromatic heterocycles. The summed E-state index contributed by atoms with van der Waals surface area (Å²) >= 11 is 0. The quantitative estimate of drug-likeness (QED) is 0.321. The van der Waals surface area contributed by atoms with E-state index < -0.39 is 23.3 Å². The van der Waals surface area contributed by atoms with Gasteiger partial charge in [0.05, 0.1) is 6.04 Å². The largest absolute Gasteiger partial charge is 0.489 e. The minimum atomic E-state index is -1.53. The third-order valence-electron chi connectivity index (χ3n) is 9.38. The van der Waals surface area contributed by atoms with Crippen molar-refractivity contribution in [3.8, 4) is 5.75 Å². The maximum atomic E-state index is 16.2. The van der Waals surface area contributed by atoms with Gasteiger partial charge in [-0.2, -0.15) is 0 Å². The number of anilines is 1. The number of ether oxygens (including phenoxy) is 1. The number of fused-ring (bicyclic) bond motifs is 1. The van der Waals surface area contributed by atoms with Crippen molar-refractivity contribution in [3.05, 3.63) is 94.6 Å². The van der Waals surface area contributed by atoms with Crippen LogP contribution in [0, 0.1) is 17.0 Å². The van der Waals surface area contributed by atoms with Crippen LogP contribution in [-0.2, 0) is 13.0 Å². The van der Waals surface area contributed by atoms with Gasteiger partial charge in [-0.3, -0.25) is 4.90 Å². The van der Waals surface area contributed by atoms with Crippen LogP contribution in [0.1, 0.15) is 68.3 Å². The van der Waals surface area contributed by atoms with Crippen LogP contribution in [0.25, 0.3) is 0 Å². The molecule has 0 saturated carbocycles. The fraction of sp³-hybridized carbons (Fsp3) is 0.486. The number of rotatable bonds is 7. The van der Waals surface area contributed by atoms with Crippen molar-refractivity contribution in [2.24, 2.45) is 5.41 Å². The molecule has 224 valence electrons. The van der Waals surface area contributed by atoms with E-state index in [4.69, 9.17) is 4.74 Å². The molecule has 0 amide bonds. The number of alkyl halides is 1. The van der Waals surface area contributed by atoms with Gasteiger partial charge in [0.1, 0.15) is 29.7 Å². The molecule has 7 heteroatoms. The smallest absolute Gasteiger partial charge is 0.133 e. The molecule has 3 aromatic carbocycles. The summed E-state index contributed by atoms with van der Waals surface area (Å²) in [6.07, 6.45) is 3.80. The van der Waals surface area contributed by atoms with E-state index in [9.17, 15) is 0 Å². The summed E-state index contributed by atoms with van der Waals surface area (Å²) in [6.45, 7) is 9.18. The average molecular weight is 578 g/mol. The van der Waals surface area contributed by atoms with Crippen LogP contribution in [-0.4, -0.2) is 49.3 Å². The van der Waals surface area contributed by atoms with Gasteiger partial charge in [-0.15, -0.1) is 0 Å². The highest BCUT2D eigenvalue weighted by Gasteiger charge is 2.41.